The minimum Gasteiger partial charge on any atom is -0.488 e. The largest absolute Gasteiger partial charge is 0.488 e. The lowest BCUT2D eigenvalue weighted by Gasteiger charge is -2.09. The van der Waals surface area contributed by atoms with E-state index >= 15 is 0 Å². The summed E-state index contributed by atoms with van der Waals surface area (Å²) in [6.07, 6.45) is 1.49. The van der Waals surface area contributed by atoms with Crippen LogP contribution in [0.3, 0.4) is 0 Å². The quantitative estimate of drug-likeness (QED) is 0.210. The molecule has 31 heavy (non-hydrogen) atoms. The van der Waals surface area contributed by atoms with Crippen molar-refractivity contribution in [1.82, 2.24) is 5.43 Å². The predicted octanol–water partition coefficient (Wildman–Crippen LogP) is 5.07. The first-order chi connectivity index (χ1) is 15.0. The van der Waals surface area contributed by atoms with Gasteiger partial charge in [0, 0.05) is 27.6 Å². The highest BCUT2D eigenvalue weighted by Crippen LogP contribution is 2.21. The Labute approximate surface area is 188 Å². The average molecular weight is 456 g/mol. The Morgan fingerprint density at radius 1 is 1.13 bits per heavy atom. The zero-order valence-electron chi connectivity index (χ0n) is 16.2. The van der Waals surface area contributed by atoms with Crippen molar-refractivity contribution in [2.24, 2.45) is 5.10 Å². The molecule has 1 amide bonds. The third-order valence-electron chi connectivity index (χ3n) is 4.01. The molecule has 0 spiro atoms. The fraction of sp³-hybridized carbons (Fsp3) is 0.0909. The van der Waals surface area contributed by atoms with Gasteiger partial charge in [0.15, 0.2) is 0 Å². The van der Waals surface area contributed by atoms with Crippen molar-refractivity contribution in [1.29, 1.82) is 0 Å². The van der Waals surface area contributed by atoms with Gasteiger partial charge in [-0.3, -0.25) is 14.9 Å². The summed E-state index contributed by atoms with van der Waals surface area (Å²) in [7, 11) is 0. The number of thioether (sulfide) groups is 1. The Hall–Kier alpha value is -3.36. The average Bonchev–Trinajstić information content (AvgIpc) is 2.78. The number of non-ortho nitro benzene ring substituents is 1. The van der Waals surface area contributed by atoms with Gasteiger partial charge in [-0.15, -0.1) is 11.8 Å². The number of para-hydroxylation sites is 1. The van der Waals surface area contributed by atoms with Crippen molar-refractivity contribution in [3.8, 4) is 5.75 Å². The molecule has 0 bridgehead atoms. The molecule has 0 saturated carbocycles. The minimum absolute atomic E-state index is 0.00938. The summed E-state index contributed by atoms with van der Waals surface area (Å²) < 4.78 is 5.79. The molecule has 0 fully saturated rings. The minimum atomic E-state index is -0.446. The molecule has 3 aromatic carbocycles. The summed E-state index contributed by atoms with van der Waals surface area (Å²) in [6.45, 7) is 0.163. The molecule has 0 aromatic heterocycles. The summed E-state index contributed by atoms with van der Waals surface area (Å²) in [4.78, 5) is 23.4. The van der Waals surface area contributed by atoms with Gasteiger partial charge in [-0.1, -0.05) is 35.9 Å². The van der Waals surface area contributed by atoms with Crippen LogP contribution in [-0.2, 0) is 11.4 Å². The normalized spacial score (nSPS) is 10.7. The van der Waals surface area contributed by atoms with Crippen LogP contribution in [0.5, 0.6) is 5.75 Å². The number of nitrogens with zero attached hydrogens (tertiary/aromatic N) is 2. The van der Waals surface area contributed by atoms with Crippen molar-refractivity contribution in [3.63, 3.8) is 0 Å². The van der Waals surface area contributed by atoms with Crippen LogP contribution in [0.4, 0.5) is 5.69 Å². The Morgan fingerprint density at radius 2 is 1.90 bits per heavy atom. The van der Waals surface area contributed by atoms with Crippen molar-refractivity contribution in [3.05, 3.63) is 99.1 Å². The number of carbonyl (C=O) groups is 1. The number of hydrogen-bond acceptors (Lipinski definition) is 6. The molecule has 0 aliphatic rings. The molecule has 0 aliphatic heterocycles. The molecule has 3 aromatic rings. The second kappa shape index (κ2) is 11.1. The van der Waals surface area contributed by atoms with E-state index in [1.54, 1.807) is 42.5 Å². The number of benzene rings is 3. The second-order valence-electron chi connectivity index (χ2n) is 6.29. The van der Waals surface area contributed by atoms with Gasteiger partial charge in [-0.25, -0.2) is 5.43 Å². The molecular weight excluding hydrogens is 438 g/mol. The van der Waals surface area contributed by atoms with Crippen LogP contribution in [0.1, 0.15) is 11.1 Å². The van der Waals surface area contributed by atoms with Crippen LogP contribution in [-0.4, -0.2) is 22.8 Å². The number of ether oxygens (including phenoxy) is 1. The number of nitro benzene ring substituents is 1. The first-order valence-corrected chi connectivity index (χ1v) is 10.5. The summed E-state index contributed by atoms with van der Waals surface area (Å²) >= 11 is 7.22. The summed E-state index contributed by atoms with van der Waals surface area (Å²) in [5.74, 6) is 0.512. The van der Waals surface area contributed by atoms with Gasteiger partial charge in [0.05, 0.1) is 16.9 Å². The van der Waals surface area contributed by atoms with E-state index < -0.39 is 4.92 Å². The lowest BCUT2D eigenvalue weighted by Crippen LogP contribution is -2.19. The molecule has 1 N–H and O–H groups in total. The lowest BCUT2D eigenvalue weighted by molar-refractivity contribution is -0.384. The second-order valence-corrected chi connectivity index (χ2v) is 7.77. The summed E-state index contributed by atoms with van der Waals surface area (Å²) in [6, 6.07) is 20.7. The summed E-state index contributed by atoms with van der Waals surface area (Å²) in [5.41, 5.74) is 3.84. The third kappa shape index (κ3) is 7.13. The fourth-order valence-corrected chi connectivity index (χ4v) is 3.34. The standard InChI is InChI=1S/C22H18ClN3O4S/c23-18-8-10-20(11-9-18)31-15-22(27)25-24-13-17-5-1-2-7-21(17)30-14-16-4-3-6-19(12-16)26(28)29/h1-13H,14-15H2,(H,25,27)/b24-13-. The fourth-order valence-electron chi connectivity index (χ4n) is 2.53. The summed E-state index contributed by atoms with van der Waals surface area (Å²) in [5, 5.41) is 15.5. The van der Waals surface area contributed by atoms with Crippen molar-refractivity contribution in [2.75, 3.05) is 5.75 Å². The maximum Gasteiger partial charge on any atom is 0.269 e. The van der Waals surface area contributed by atoms with E-state index in [0.717, 1.165) is 4.90 Å². The van der Waals surface area contributed by atoms with E-state index in [1.807, 2.05) is 18.2 Å². The van der Waals surface area contributed by atoms with Gasteiger partial charge in [-0.2, -0.15) is 5.10 Å². The Kier molecular flexibility index (Phi) is 8.03. The third-order valence-corrected chi connectivity index (χ3v) is 5.28. The van der Waals surface area contributed by atoms with Crippen LogP contribution in [0, 0.1) is 10.1 Å². The monoisotopic (exact) mass is 455 g/mol. The Bertz CT molecular complexity index is 1090. The van der Waals surface area contributed by atoms with Crippen LogP contribution >= 0.6 is 23.4 Å². The van der Waals surface area contributed by atoms with Gasteiger partial charge < -0.3 is 4.74 Å². The topological polar surface area (TPSA) is 93.8 Å². The Morgan fingerprint density at radius 3 is 2.68 bits per heavy atom. The molecule has 7 nitrogen and oxygen atoms in total. The van der Waals surface area contributed by atoms with Crippen LogP contribution in [0.25, 0.3) is 0 Å². The Balaban J connectivity index is 1.54. The van der Waals surface area contributed by atoms with Crippen molar-refractivity contribution >= 4 is 41.2 Å². The maximum atomic E-state index is 12.0. The number of amides is 1. The van der Waals surface area contributed by atoms with Gasteiger partial charge in [-0.05, 0) is 42.0 Å². The lowest BCUT2D eigenvalue weighted by atomic mass is 10.2. The van der Waals surface area contributed by atoms with Gasteiger partial charge >= 0.3 is 0 Å². The van der Waals surface area contributed by atoms with E-state index in [-0.39, 0.29) is 24.0 Å². The molecular formula is C22H18ClN3O4S. The zero-order valence-corrected chi connectivity index (χ0v) is 17.8. The molecule has 0 unspecified atom stereocenters. The molecule has 0 aliphatic carbocycles. The van der Waals surface area contributed by atoms with Crippen molar-refractivity contribution in [2.45, 2.75) is 11.5 Å². The predicted molar refractivity (Wildman–Crippen MR) is 122 cm³/mol. The molecule has 0 heterocycles. The number of hydrazone groups is 1. The van der Waals surface area contributed by atoms with E-state index in [1.165, 1.54) is 30.1 Å². The first kappa shape index (κ1) is 22.3. The highest BCUT2D eigenvalue weighted by molar-refractivity contribution is 8.00. The number of nitro groups is 1. The highest BCUT2D eigenvalue weighted by Gasteiger charge is 2.07. The molecule has 9 heteroatoms. The zero-order chi connectivity index (χ0) is 22.1. The molecule has 0 saturated heterocycles. The van der Waals surface area contributed by atoms with Gasteiger partial charge in [0.2, 0.25) is 5.91 Å². The molecule has 0 atom stereocenters. The number of rotatable bonds is 9. The number of halogens is 1. The van der Waals surface area contributed by atoms with E-state index in [2.05, 4.69) is 10.5 Å². The smallest absolute Gasteiger partial charge is 0.269 e. The highest BCUT2D eigenvalue weighted by atomic mass is 35.5. The SMILES string of the molecule is O=C(CSc1ccc(Cl)cc1)N/N=C\c1ccccc1OCc1cccc([N+](=O)[O-])c1. The maximum absolute atomic E-state index is 12.0. The molecule has 158 valence electrons. The van der Waals surface area contributed by atoms with Gasteiger partial charge in [0.1, 0.15) is 12.4 Å². The molecule has 3 rings (SSSR count). The van der Waals surface area contributed by atoms with Crippen LogP contribution in [0.2, 0.25) is 5.02 Å². The number of carbonyl (C=O) groups excluding carboxylic acids is 1. The van der Waals surface area contributed by atoms with E-state index in [0.29, 0.717) is 21.9 Å². The van der Waals surface area contributed by atoms with Crippen LogP contribution < -0.4 is 10.2 Å². The van der Waals surface area contributed by atoms with Crippen LogP contribution in [0.15, 0.2) is 82.8 Å². The van der Waals surface area contributed by atoms with Gasteiger partial charge in [0.25, 0.3) is 5.69 Å². The number of hydrogen-bond donors (Lipinski definition) is 1. The van der Waals surface area contributed by atoms with E-state index in [9.17, 15) is 14.9 Å². The molecule has 0 radical (unpaired) electrons. The van der Waals surface area contributed by atoms with Crippen molar-refractivity contribution < 1.29 is 14.5 Å². The first-order valence-electron chi connectivity index (χ1n) is 9.17. The number of nitrogens with one attached hydrogen (secondary N) is 1. The van der Waals surface area contributed by atoms with E-state index in [4.69, 9.17) is 16.3 Å².